The Hall–Kier alpha value is -2.88. The van der Waals surface area contributed by atoms with Crippen LogP contribution in [0.25, 0.3) is 0 Å². The van der Waals surface area contributed by atoms with Crippen LogP contribution in [0.1, 0.15) is 23.6 Å². The minimum absolute atomic E-state index is 0.591. The van der Waals surface area contributed by atoms with Gasteiger partial charge < -0.3 is 10.6 Å². The van der Waals surface area contributed by atoms with E-state index in [4.69, 9.17) is 0 Å². The molecule has 1 aromatic heterocycles. The Morgan fingerprint density at radius 2 is 1.58 bits per heavy atom. The van der Waals surface area contributed by atoms with Gasteiger partial charge in [-0.05, 0) is 42.7 Å². The van der Waals surface area contributed by atoms with Crippen molar-refractivity contribution < 1.29 is 0 Å². The standard InChI is InChI=1S/C20H22N4/c1-3-16-8-10-18(11-9-16)23-20-21-13-12-19(24-20)22-14-17-6-4-15(2)5-7-17/h4-13H,3,14H2,1-2H3,(H2,21,22,23,24). The fraction of sp³-hybridized carbons (Fsp3) is 0.200. The number of benzene rings is 2. The summed E-state index contributed by atoms with van der Waals surface area (Å²) in [5.41, 5.74) is 4.79. The summed E-state index contributed by atoms with van der Waals surface area (Å²) in [5, 5.41) is 6.57. The van der Waals surface area contributed by atoms with Gasteiger partial charge in [-0.3, -0.25) is 0 Å². The third kappa shape index (κ3) is 4.32. The Labute approximate surface area is 143 Å². The Morgan fingerprint density at radius 1 is 0.875 bits per heavy atom. The normalized spacial score (nSPS) is 10.4. The second kappa shape index (κ2) is 7.59. The lowest BCUT2D eigenvalue weighted by molar-refractivity contribution is 1.08. The van der Waals surface area contributed by atoms with Crippen LogP contribution in [0, 0.1) is 6.92 Å². The van der Waals surface area contributed by atoms with E-state index in [-0.39, 0.29) is 0 Å². The molecule has 0 aliphatic rings. The molecule has 4 nitrogen and oxygen atoms in total. The average Bonchev–Trinajstić information content (AvgIpc) is 2.62. The minimum atomic E-state index is 0.591. The van der Waals surface area contributed by atoms with Gasteiger partial charge in [-0.15, -0.1) is 0 Å². The Balaban J connectivity index is 1.63. The number of rotatable bonds is 6. The lowest BCUT2D eigenvalue weighted by Crippen LogP contribution is -2.04. The molecule has 0 fully saturated rings. The van der Waals surface area contributed by atoms with Crippen molar-refractivity contribution in [2.75, 3.05) is 10.6 Å². The first-order valence-corrected chi connectivity index (χ1v) is 8.21. The first-order chi connectivity index (χ1) is 11.7. The molecule has 2 aromatic carbocycles. The maximum Gasteiger partial charge on any atom is 0.229 e. The van der Waals surface area contributed by atoms with E-state index < -0.39 is 0 Å². The number of anilines is 3. The topological polar surface area (TPSA) is 49.8 Å². The molecular weight excluding hydrogens is 296 g/mol. The summed E-state index contributed by atoms with van der Waals surface area (Å²) in [6.07, 6.45) is 2.79. The SMILES string of the molecule is CCc1ccc(Nc2nccc(NCc3ccc(C)cc3)n2)cc1. The van der Waals surface area contributed by atoms with E-state index in [2.05, 4.69) is 83.0 Å². The van der Waals surface area contributed by atoms with Crippen molar-refractivity contribution >= 4 is 17.5 Å². The van der Waals surface area contributed by atoms with Crippen LogP contribution in [0.15, 0.2) is 60.8 Å². The molecule has 3 rings (SSSR count). The maximum atomic E-state index is 4.51. The van der Waals surface area contributed by atoms with E-state index in [1.807, 2.05) is 6.07 Å². The molecule has 4 heteroatoms. The quantitative estimate of drug-likeness (QED) is 0.691. The highest BCUT2D eigenvalue weighted by Crippen LogP contribution is 2.16. The molecule has 0 aliphatic carbocycles. The lowest BCUT2D eigenvalue weighted by Gasteiger charge is -2.09. The second-order valence-corrected chi connectivity index (χ2v) is 5.78. The Morgan fingerprint density at radius 3 is 2.29 bits per heavy atom. The fourth-order valence-corrected chi connectivity index (χ4v) is 2.37. The highest BCUT2D eigenvalue weighted by Gasteiger charge is 2.01. The highest BCUT2D eigenvalue weighted by molar-refractivity contribution is 5.55. The summed E-state index contributed by atoms with van der Waals surface area (Å²) in [5.74, 6) is 1.39. The largest absolute Gasteiger partial charge is 0.366 e. The van der Waals surface area contributed by atoms with Gasteiger partial charge in [0.1, 0.15) is 5.82 Å². The van der Waals surface area contributed by atoms with Crippen LogP contribution in [-0.2, 0) is 13.0 Å². The van der Waals surface area contributed by atoms with Gasteiger partial charge in [-0.25, -0.2) is 4.98 Å². The first-order valence-electron chi connectivity index (χ1n) is 8.21. The van der Waals surface area contributed by atoms with Crippen LogP contribution in [0.4, 0.5) is 17.5 Å². The number of hydrogen-bond donors (Lipinski definition) is 2. The summed E-state index contributed by atoms with van der Waals surface area (Å²) in [7, 11) is 0. The smallest absolute Gasteiger partial charge is 0.229 e. The molecule has 0 radical (unpaired) electrons. The van der Waals surface area contributed by atoms with Gasteiger partial charge in [0.05, 0.1) is 0 Å². The van der Waals surface area contributed by atoms with Crippen molar-refractivity contribution in [3.8, 4) is 0 Å². The summed E-state index contributed by atoms with van der Waals surface area (Å²) in [4.78, 5) is 8.79. The van der Waals surface area contributed by atoms with Crippen molar-refractivity contribution in [3.63, 3.8) is 0 Å². The molecule has 0 spiro atoms. The summed E-state index contributed by atoms with van der Waals surface area (Å²) < 4.78 is 0. The van der Waals surface area contributed by atoms with E-state index >= 15 is 0 Å². The van der Waals surface area contributed by atoms with Gasteiger partial charge in [-0.1, -0.05) is 48.9 Å². The molecule has 0 saturated carbocycles. The van der Waals surface area contributed by atoms with E-state index in [0.717, 1.165) is 24.5 Å². The molecule has 2 N–H and O–H groups in total. The lowest BCUT2D eigenvalue weighted by atomic mass is 10.1. The molecule has 122 valence electrons. The molecule has 0 atom stereocenters. The van der Waals surface area contributed by atoms with Crippen LogP contribution in [0.3, 0.4) is 0 Å². The number of aromatic nitrogens is 2. The van der Waals surface area contributed by atoms with Crippen molar-refractivity contribution in [2.24, 2.45) is 0 Å². The zero-order valence-corrected chi connectivity index (χ0v) is 14.1. The molecule has 1 heterocycles. The zero-order chi connectivity index (χ0) is 16.8. The van der Waals surface area contributed by atoms with Gasteiger partial charge >= 0.3 is 0 Å². The van der Waals surface area contributed by atoms with Crippen LogP contribution >= 0.6 is 0 Å². The monoisotopic (exact) mass is 318 g/mol. The number of nitrogens with one attached hydrogen (secondary N) is 2. The Kier molecular flexibility index (Phi) is 5.06. The first kappa shape index (κ1) is 16.0. The number of nitrogens with zero attached hydrogens (tertiary/aromatic N) is 2. The average molecular weight is 318 g/mol. The summed E-state index contributed by atoms with van der Waals surface area (Å²) >= 11 is 0. The van der Waals surface area contributed by atoms with Crippen molar-refractivity contribution in [1.82, 2.24) is 9.97 Å². The van der Waals surface area contributed by atoms with Crippen LogP contribution in [0.2, 0.25) is 0 Å². The molecule has 0 amide bonds. The van der Waals surface area contributed by atoms with Crippen molar-refractivity contribution in [3.05, 3.63) is 77.5 Å². The van der Waals surface area contributed by atoms with Gasteiger partial charge in [0, 0.05) is 18.4 Å². The molecular formula is C20H22N4. The van der Waals surface area contributed by atoms with Crippen molar-refractivity contribution in [2.45, 2.75) is 26.8 Å². The molecule has 0 saturated heterocycles. The highest BCUT2D eigenvalue weighted by atomic mass is 15.1. The molecule has 0 bridgehead atoms. The maximum absolute atomic E-state index is 4.51. The summed E-state index contributed by atoms with van der Waals surface area (Å²) in [6, 6.07) is 18.7. The molecule has 0 unspecified atom stereocenters. The van der Waals surface area contributed by atoms with Crippen LogP contribution in [0.5, 0.6) is 0 Å². The number of aryl methyl sites for hydroxylation is 2. The second-order valence-electron chi connectivity index (χ2n) is 5.78. The molecule has 0 aliphatic heterocycles. The minimum Gasteiger partial charge on any atom is -0.366 e. The van der Waals surface area contributed by atoms with Gasteiger partial charge in [0.25, 0.3) is 0 Å². The van der Waals surface area contributed by atoms with E-state index in [1.54, 1.807) is 6.20 Å². The van der Waals surface area contributed by atoms with Gasteiger partial charge in [0.2, 0.25) is 5.95 Å². The van der Waals surface area contributed by atoms with Crippen LogP contribution in [-0.4, -0.2) is 9.97 Å². The fourth-order valence-electron chi connectivity index (χ4n) is 2.37. The Bertz CT molecular complexity index is 779. The zero-order valence-electron chi connectivity index (χ0n) is 14.1. The predicted octanol–water partition coefficient (Wildman–Crippen LogP) is 4.70. The van der Waals surface area contributed by atoms with Gasteiger partial charge in [0.15, 0.2) is 0 Å². The molecule has 3 aromatic rings. The van der Waals surface area contributed by atoms with Crippen molar-refractivity contribution in [1.29, 1.82) is 0 Å². The van der Waals surface area contributed by atoms with Crippen LogP contribution < -0.4 is 10.6 Å². The third-order valence-electron chi connectivity index (χ3n) is 3.87. The van der Waals surface area contributed by atoms with E-state index in [9.17, 15) is 0 Å². The van der Waals surface area contributed by atoms with E-state index in [0.29, 0.717) is 5.95 Å². The third-order valence-corrected chi connectivity index (χ3v) is 3.87. The van der Waals surface area contributed by atoms with Gasteiger partial charge in [-0.2, -0.15) is 4.98 Å². The number of hydrogen-bond acceptors (Lipinski definition) is 4. The molecule has 24 heavy (non-hydrogen) atoms. The van der Waals surface area contributed by atoms with E-state index in [1.165, 1.54) is 16.7 Å². The summed E-state index contributed by atoms with van der Waals surface area (Å²) in [6.45, 7) is 4.98. The predicted molar refractivity (Wildman–Crippen MR) is 99.6 cm³/mol.